The van der Waals surface area contributed by atoms with Gasteiger partial charge in [-0.3, -0.25) is 9.20 Å². The third-order valence-electron chi connectivity index (χ3n) is 4.97. The van der Waals surface area contributed by atoms with Crippen molar-refractivity contribution in [2.24, 2.45) is 0 Å². The van der Waals surface area contributed by atoms with Gasteiger partial charge in [-0.1, -0.05) is 23.4 Å². The summed E-state index contributed by atoms with van der Waals surface area (Å²) in [6.45, 7) is 2.42. The van der Waals surface area contributed by atoms with Crippen molar-refractivity contribution in [1.29, 1.82) is 0 Å². The smallest absolute Gasteiger partial charge is 0.380 e. The number of aliphatic hydroxyl groups is 1. The van der Waals surface area contributed by atoms with Gasteiger partial charge in [0.2, 0.25) is 11.7 Å². The first-order chi connectivity index (χ1) is 15.0. The number of benzene rings is 1. The lowest BCUT2D eigenvalue weighted by molar-refractivity contribution is -0.253. The third-order valence-corrected chi connectivity index (χ3v) is 4.97. The van der Waals surface area contributed by atoms with Gasteiger partial charge < -0.3 is 14.9 Å². The van der Waals surface area contributed by atoms with Gasteiger partial charge in [-0.05, 0) is 37.6 Å². The van der Waals surface area contributed by atoms with Crippen LogP contribution in [0.2, 0.25) is 0 Å². The van der Waals surface area contributed by atoms with Gasteiger partial charge in [0.15, 0.2) is 5.60 Å². The number of alkyl halides is 3. The molecule has 11 heteroatoms. The number of anilines is 1. The molecule has 0 radical (unpaired) electrons. The van der Waals surface area contributed by atoms with E-state index in [-0.39, 0.29) is 17.6 Å². The highest BCUT2D eigenvalue weighted by molar-refractivity contribution is 6.04. The first-order valence-corrected chi connectivity index (χ1v) is 9.51. The van der Waals surface area contributed by atoms with Gasteiger partial charge >= 0.3 is 6.18 Å². The zero-order valence-electron chi connectivity index (χ0n) is 17.0. The molecular formula is C21H18F3N5O3. The van der Waals surface area contributed by atoms with E-state index < -0.39 is 18.2 Å². The van der Waals surface area contributed by atoms with Crippen LogP contribution in [0.15, 0.2) is 53.3 Å². The summed E-state index contributed by atoms with van der Waals surface area (Å²) in [5.74, 6) is -0.721. The molecule has 3 heterocycles. The topological polar surface area (TPSA) is 106 Å². The summed E-state index contributed by atoms with van der Waals surface area (Å²) in [5.41, 5.74) is -0.409. The number of nitrogens with zero attached hydrogens (tertiary/aromatic N) is 4. The summed E-state index contributed by atoms with van der Waals surface area (Å²) in [6, 6.07) is 10.3. The first-order valence-electron chi connectivity index (χ1n) is 9.51. The monoisotopic (exact) mass is 445 g/mol. The standard InChI is InChI=1S/C21H18F3N5O3/c1-12-6-7-13(18-27-17(32-28-18)10-20(2,31)21(22,23)24)9-14(12)26-19(30)15-11-25-16-5-3-4-8-29(15)16/h3-9,11,31H,10H2,1-2H3,(H,26,30). The first kappa shape index (κ1) is 21.5. The molecule has 1 aromatic carbocycles. The lowest BCUT2D eigenvalue weighted by atomic mass is 10.0. The largest absolute Gasteiger partial charge is 0.417 e. The molecule has 0 aliphatic carbocycles. The van der Waals surface area contributed by atoms with Gasteiger partial charge in [0.05, 0.1) is 12.6 Å². The van der Waals surface area contributed by atoms with Gasteiger partial charge in [-0.2, -0.15) is 18.2 Å². The van der Waals surface area contributed by atoms with E-state index in [4.69, 9.17) is 4.52 Å². The molecule has 166 valence electrons. The highest BCUT2D eigenvalue weighted by Crippen LogP contribution is 2.33. The number of aromatic nitrogens is 4. The van der Waals surface area contributed by atoms with Crippen LogP contribution in [0.5, 0.6) is 0 Å². The summed E-state index contributed by atoms with van der Waals surface area (Å²) in [6.07, 6.45) is -2.55. The number of carbonyl (C=O) groups excluding carboxylic acids is 1. The number of amides is 1. The number of rotatable bonds is 5. The van der Waals surface area contributed by atoms with Crippen LogP contribution in [0.4, 0.5) is 18.9 Å². The Morgan fingerprint density at radius 3 is 2.78 bits per heavy atom. The molecule has 4 rings (SSSR count). The Kier molecular flexibility index (Phi) is 5.21. The molecule has 0 bridgehead atoms. The molecule has 32 heavy (non-hydrogen) atoms. The highest BCUT2D eigenvalue weighted by atomic mass is 19.4. The van der Waals surface area contributed by atoms with Crippen LogP contribution >= 0.6 is 0 Å². The normalized spacial score (nSPS) is 13.8. The summed E-state index contributed by atoms with van der Waals surface area (Å²) in [7, 11) is 0. The minimum Gasteiger partial charge on any atom is -0.380 e. The Morgan fingerprint density at radius 2 is 2.03 bits per heavy atom. The van der Waals surface area contributed by atoms with Crippen molar-refractivity contribution in [3.63, 3.8) is 0 Å². The number of aryl methyl sites for hydroxylation is 1. The third kappa shape index (κ3) is 4.06. The van der Waals surface area contributed by atoms with Crippen molar-refractivity contribution < 1.29 is 27.6 Å². The number of fused-ring (bicyclic) bond motifs is 1. The van der Waals surface area contributed by atoms with E-state index in [2.05, 4.69) is 20.4 Å². The molecule has 0 spiro atoms. The summed E-state index contributed by atoms with van der Waals surface area (Å²) < 4.78 is 45.2. The summed E-state index contributed by atoms with van der Waals surface area (Å²) in [4.78, 5) is 20.9. The fraction of sp³-hybridized carbons (Fsp3) is 0.238. The van der Waals surface area contributed by atoms with E-state index in [0.717, 1.165) is 5.56 Å². The molecule has 1 unspecified atom stereocenters. The van der Waals surface area contributed by atoms with Crippen molar-refractivity contribution in [3.05, 3.63) is 65.9 Å². The molecule has 0 aliphatic rings. The molecule has 0 saturated carbocycles. The fourth-order valence-electron chi connectivity index (χ4n) is 3.02. The van der Waals surface area contributed by atoms with E-state index in [1.165, 1.54) is 6.20 Å². The lowest BCUT2D eigenvalue weighted by Gasteiger charge is -2.24. The molecule has 1 amide bonds. The van der Waals surface area contributed by atoms with E-state index >= 15 is 0 Å². The molecular weight excluding hydrogens is 427 g/mol. The molecule has 0 aliphatic heterocycles. The number of hydrogen-bond acceptors (Lipinski definition) is 6. The van der Waals surface area contributed by atoms with Crippen molar-refractivity contribution in [2.75, 3.05) is 5.32 Å². The minimum absolute atomic E-state index is 0.0308. The minimum atomic E-state index is -4.85. The Hall–Kier alpha value is -3.73. The number of pyridine rings is 1. The maximum absolute atomic E-state index is 12.9. The second-order valence-electron chi connectivity index (χ2n) is 7.52. The van der Waals surface area contributed by atoms with Crippen LogP contribution in [0.1, 0.15) is 28.9 Å². The number of halogens is 3. The Balaban J connectivity index is 1.57. The van der Waals surface area contributed by atoms with Crippen LogP contribution in [0, 0.1) is 6.92 Å². The van der Waals surface area contributed by atoms with E-state index in [9.17, 15) is 23.1 Å². The predicted molar refractivity (Wildman–Crippen MR) is 108 cm³/mol. The predicted octanol–water partition coefficient (Wildman–Crippen LogP) is 3.80. The van der Waals surface area contributed by atoms with Gasteiger partial charge in [-0.15, -0.1) is 0 Å². The number of carbonyl (C=O) groups is 1. The van der Waals surface area contributed by atoms with Crippen LogP contribution in [0.3, 0.4) is 0 Å². The quantitative estimate of drug-likeness (QED) is 0.484. The fourth-order valence-corrected chi connectivity index (χ4v) is 3.02. The maximum atomic E-state index is 12.9. The summed E-state index contributed by atoms with van der Waals surface area (Å²) in [5, 5.41) is 16.1. The molecule has 0 saturated heterocycles. The van der Waals surface area contributed by atoms with Crippen molar-refractivity contribution >= 4 is 17.2 Å². The average Bonchev–Trinajstić information content (AvgIpc) is 3.35. The van der Waals surface area contributed by atoms with Crippen molar-refractivity contribution in [1.82, 2.24) is 19.5 Å². The molecule has 1 atom stereocenters. The zero-order chi connectivity index (χ0) is 23.1. The zero-order valence-corrected chi connectivity index (χ0v) is 17.0. The molecule has 3 aromatic heterocycles. The SMILES string of the molecule is Cc1ccc(-c2noc(CC(C)(O)C(F)(F)F)n2)cc1NC(=O)c1cnc2ccccn12. The van der Waals surface area contributed by atoms with Crippen LogP contribution in [-0.2, 0) is 6.42 Å². The number of nitrogens with one attached hydrogen (secondary N) is 1. The van der Waals surface area contributed by atoms with Gasteiger partial charge in [0, 0.05) is 17.4 Å². The van der Waals surface area contributed by atoms with Gasteiger partial charge in [-0.25, -0.2) is 4.98 Å². The Bertz CT molecular complexity index is 1290. The van der Waals surface area contributed by atoms with Crippen molar-refractivity contribution in [3.8, 4) is 11.4 Å². The van der Waals surface area contributed by atoms with Crippen molar-refractivity contribution in [2.45, 2.75) is 32.0 Å². The second-order valence-corrected chi connectivity index (χ2v) is 7.52. The summed E-state index contributed by atoms with van der Waals surface area (Å²) >= 11 is 0. The number of hydrogen-bond donors (Lipinski definition) is 2. The average molecular weight is 445 g/mol. The Morgan fingerprint density at radius 1 is 1.25 bits per heavy atom. The molecule has 4 aromatic rings. The highest BCUT2D eigenvalue weighted by Gasteiger charge is 2.50. The van der Waals surface area contributed by atoms with Gasteiger partial charge in [0.25, 0.3) is 5.91 Å². The number of imidazole rings is 1. The maximum Gasteiger partial charge on any atom is 0.417 e. The van der Waals surface area contributed by atoms with Crippen LogP contribution < -0.4 is 5.32 Å². The Labute approximate surface area is 179 Å². The molecule has 8 nitrogen and oxygen atoms in total. The van der Waals surface area contributed by atoms with E-state index in [1.807, 2.05) is 6.07 Å². The van der Waals surface area contributed by atoms with Crippen LogP contribution in [0.25, 0.3) is 17.0 Å². The molecule has 2 N–H and O–H groups in total. The van der Waals surface area contributed by atoms with E-state index in [1.54, 1.807) is 47.9 Å². The van der Waals surface area contributed by atoms with E-state index in [0.29, 0.717) is 29.5 Å². The van der Waals surface area contributed by atoms with Crippen LogP contribution in [-0.4, -0.2) is 42.3 Å². The van der Waals surface area contributed by atoms with Gasteiger partial charge in [0.1, 0.15) is 11.3 Å². The second kappa shape index (κ2) is 7.75. The molecule has 0 fully saturated rings. The lowest BCUT2D eigenvalue weighted by Crippen LogP contribution is -2.44.